The molecule has 1 nitrogen and oxygen atoms in total. The van der Waals surface area contributed by atoms with Crippen LogP contribution < -0.4 is 0 Å². The van der Waals surface area contributed by atoms with Gasteiger partial charge >= 0.3 is 0 Å². The smallest absolute Gasteiger partial charge is 0.193 e. The van der Waals surface area contributed by atoms with E-state index >= 15 is 0 Å². The zero-order valence-corrected chi connectivity index (χ0v) is 10.8. The van der Waals surface area contributed by atoms with E-state index in [9.17, 15) is 4.79 Å². The molecule has 2 aromatic rings. The van der Waals surface area contributed by atoms with Gasteiger partial charge in [-0.05, 0) is 18.4 Å². The van der Waals surface area contributed by atoms with E-state index in [2.05, 4.69) is 24.3 Å². The van der Waals surface area contributed by atoms with Crippen molar-refractivity contribution < 1.29 is 4.79 Å². The summed E-state index contributed by atoms with van der Waals surface area (Å²) in [6.07, 6.45) is 6.84. The van der Waals surface area contributed by atoms with Crippen LogP contribution in [0.25, 0.3) is 0 Å². The topological polar surface area (TPSA) is 17.1 Å². The molecule has 0 saturated heterocycles. The van der Waals surface area contributed by atoms with Gasteiger partial charge < -0.3 is 0 Å². The van der Waals surface area contributed by atoms with Crippen LogP contribution in [0.5, 0.6) is 0 Å². The van der Waals surface area contributed by atoms with Gasteiger partial charge in [0.25, 0.3) is 0 Å². The van der Waals surface area contributed by atoms with E-state index in [4.69, 9.17) is 0 Å². The zero-order valence-electron chi connectivity index (χ0n) is 10.8. The zero-order chi connectivity index (χ0) is 13.1. The molecule has 1 heteroatoms. The lowest BCUT2D eigenvalue weighted by atomic mass is 9.95. The fourth-order valence-corrected chi connectivity index (χ4v) is 2.55. The van der Waals surface area contributed by atoms with E-state index in [1.165, 1.54) is 12.0 Å². The molecule has 0 spiro atoms. The van der Waals surface area contributed by atoms with E-state index in [1.54, 1.807) is 0 Å². The third-order valence-corrected chi connectivity index (χ3v) is 3.65. The summed E-state index contributed by atoms with van der Waals surface area (Å²) in [5.41, 5.74) is 2.81. The molecular formula is C18H16O. The Kier molecular flexibility index (Phi) is 3.28. The van der Waals surface area contributed by atoms with Crippen LogP contribution in [0.3, 0.4) is 0 Å². The second-order valence-electron chi connectivity index (χ2n) is 4.93. The van der Waals surface area contributed by atoms with Crippen LogP contribution in [0.15, 0.2) is 66.7 Å². The Hall–Kier alpha value is -2.15. The molecule has 0 aliphatic heterocycles. The van der Waals surface area contributed by atoms with E-state index < -0.39 is 0 Å². The van der Waals surface area contributed by atoms with Gasteiger partial charge in [0.15, 0.2) is 5.78 Å². The van der Waals surface area contributed by atoms with Crippen LogP contribution in [0.4, 0.5) is 0 Å². The number of carbonyl (C=O) groups is 1. The van der Waals surface area contributed by atoms with Gasteiger partial charge in [-0.2, -0.15) is 0 Å². The van der Waals surface area contributed by atoms with Crippen LogP contribution in [0.2, 0.25) is 0 Å². The predicted molar refractivity (Wildman–Crippen MR) is 77.4 cm³/mol. The van der Waals surface area contributed by atoms with Crippen molar-refractivity contribution in [3.63, 3.8) is 0 Å². The van der Waals surface area contributed by atoms with Gasteiger partial charge in [0.05, 0.1) is 0 Å². The number of benzene rings is 2. The van der Waals surface area contributed by atoms with E-state index in [-0.39, 0.29) is 5.78 Å². The first-order chi connectivity index (χ1) is 9.34. The standard InChI is InChI=1S/C18H16O/c19-18(16-8-2-1-3-9-16)17-12-10-15(11-13-17)14-6-4-5-7-14/h1-4,6,8-14H,5,7H2. The normalized spacial score (nSPS) is 17.6. The average Bonchev–Trinajstić information content (AvgIpc) is 3.02. The first-order valence-corrected chi connectivity index (χ1v) is 6.71. The van der Waals surface area contributed by atoms with E-state index in [1.807, 2.05) is 42.5 Å². The van der Waals surface area contributed by atoms with Gasteiger partial charge in [-0.25, -0.2) is 0 Å². The van der Waals surface area contributed by atoms with Gasteiger partial charge in [-0.3, -0.25) is 4.79 Å². The molecule has 3 rings (SSSR count). The van der Waals surface area contributed by atoms with Crippen molar-refractivity contribution in [2.75, 3.05) is 0 Å². The molecule has 1 aliphatic carbocycles. The summed E-state index contributed by atoms with van der Waals surface area (Å²) in [6, 6.07) is 17.5. The average molecular weight is 248 g/mol. The summed E-state index contributed by atoms with van der Waals surface area (Å²) in [4.78, 5) is 12.3. The molecule has 0 amide bonds. The number of carbonyl (C=O) groups excluding carboxylic acids is 1. The maximum absolute atomic E-state index is 12.3. The summed E-state index contributed by atoms with van der Waals surface area (Å²) in [5, 5.41) is 0. The van der Waals surface area contributed by atoms with Crippen LogP contribution in [-0.4, -0.2) is 5.78 Å². The molecule has 0 fully saturated rings. The summed E-state index contributed by atoms with van der Waals surface area (Å²) >= 11 is 0. The van der Waals surface area contributed by atoms with Crippen LogP contribution >= 0.6 is 0 Å². The first kappa shape index (κ1) is 11.9. The summed E-state index contributed by atoms with van der Waals surface area (Å²) in [6.45, 7) is 0. The number of ketones is 1. The van der Waals surface area contributed by atoms with Gasteiger partial charge in [-0.1, -0.05) is 66.7 Å². The summed E-state index contributed by atoms with van der Waals surface area (Å²) in [5.74, 6) is 0.620. The predicted octanol–water partition coefficient (Wildman–Crippen LogP) is 4.35. The Morgan fingerprint density at radius 3 is 2.21 bits per heavy atom. The highest BCUT2D eigenvalue weighted by Crippen LogP contribution is 2.28. The third kappa shape index (κ3) is 2.50. The minimum Gasteiger partial charge on any atom is -0.289 e. The Labute approximate surface area is 113 Å². The Morgan fingerprint density at radius 2 is 1.58 bits per heavy atom. The quantitative estimate of drug-likeness (QED) is 0.583. The summed E-state index contributed by atoms with van der Waals surface area (Å²) < 4.78 is 0. The molecule has 0 radical (unpaired) electrons. The van der Waals surface area contributed by atoms with Crippen LogP contribution in [0, 0.1) is 0 Å². The lowest BCUT2D eigenvalue weighted by Crippen LogP contribution is -2.01. The van der Waals surface area contributed by atoms with E-state index in [0.717, 1.165) is 17.5 Å². The summed E-state index contributed by atoms with van der Waals surface area (Å²) in [7, 11) is 0. The number of hydrogen-bond acceptors (Lipinski definition) is 1. The largest absolute Gasteiger partial charge is 0.289 e. The van der Waals surface area contributed by atoms with Crippen molar-refractivity contribution in [1.82, 2.24) is 0 Å². The third-order valence-electron chi connectivity index (χ3n) is 3.65. The maximum atomic E-state index is 12.3. The van der Waals surface area contributed by atoms with Gasteiger partial charge in [0.1, 0.15) is 0 Å². The molecule has 0 aromatic heterocycles. The van der Waals surface area contributed by atoms with Crippen molar-refractivity contribution in [2.45, 2.75) is 18.8 Å². The highest BCUT2D eigenvalue weighted by molar-refractivity contribution is 6.08. The fraction of sp³-hybridized carbons (Fsp3) is 0.167. The molecule has 0 saturated carbocycles. The minimum absolute atomic E-state index is 0.0918. The van der Waals surface area contributed by atoms with Crippen LogP contribution in [-0.2, 0) is 0 Å². The highest BCUT2D eigenvalue weighted by Gasteiger charge is 2.13. The second-order valence-corrected chi connectivity index (χ2v) is 4.93. The molecule has 0 bridgehead atoms. The first-order valence-electron chi connectivity index (χ1n) is 6.71. The monoisotopic (exact) mass is 248 g/mol. The fourth-order valence-electron chi connectivity index (χ4n) is 2.55. The Morgan fingerprint density at radius 1 is 0.895 bits per heavy atom. The van der Waals surface area contributed by atoms with Crippen molar-refractivity contribution in [3.05, 3.63) is 83.4 Å². The lowest BCUT2D eigenvalue weighted by Gasteiger charge is -2.08. The number of allylic oxidation sites excluding steroid dienone is 2. The SMILES string of the molecule is O=C(c1ccccc1)c1ccc(C2C=CCC2)cc1. The van der Waals surface area contributed by atoms with Gasteiger partial charge in [0, 0.05) is 17.0 Å². The number of rotatable bonds is 3. The molecule has 1 aliphatic rings. The molecular weight excluding hydrogens is 232 g/mol. The Bertz CT molecular complexity index is 593. The molecule has 2 aromatic carbocycles. The molecule has 94 valence electrons. The van der Waals surface area contributed by atoms with Gasteiger partial charge in [0.2, 0.25) is 0 Å². The van der Waals surface area contributed by atoms with Gasteiger partial charge in [-0.15, -0.1) is 0 Å². The minimum atomic E-state index is 0.0918. The highest BCUT2D eigenvalue weighted by atomic mass is 16.1. The molecule has 1 unspecified atom stereocenters. The molecule has 19 heavy (non-hydrogen) atoms. The second kappa shape index (κ2) is 5.23. The van der Waals surface area contributed by atoms with Crippen molar-refractivity contribution in [3.8, 4) is 0 Å². The Balaban J connectivity index is 1.83. The number of hydrogen-bond donors (Lipinski definition) is 0. The maximum Gasteiger partial charge on any atom is 0.193 e. The lowest BCUT2D eigenvalue weighted by molar-refractivity contribution is 0.103. The molecule has 0 N–H and O–H groups in total. The molecule has 1 atom stereocenters. The van der Waals surface area contributed by atoms with Crippen molar-refractivity contribution in [1.29, 1.82) is 0 Å². The van der Waals surface area contributed by atoms with Crippen LogP contribution in [0.1, 0.15) is 40.2 Å². The van der Waals surface area contributed by atoms with E-state index in [0.29, 0.717) is 5.92 Å². The van der Waals surface area contributed by atoms with Crippen molar-refractivity contribution in [2.24, 2.45) is 0 Å². The van der Waals surface area contributed by atoms with Crippen molar-refractivity contribution >= 4 is 5.78 Å². The molecule has 0 heterocycles.